The molecule has 0 bridgehead atoms. The van der Waals surface area contributed by atoms with Crippen LogP contribution in [-0.4, -0.2) is 62.5 Å². The monoisotopic (exact) mass is 428 g/mol. The van der Waals surface area contributed by atoms with Gasteiger partial charge in [-0.2, -0.15) is 0 Å². The van der Waals surface area contributed by atoms with Crippen molar-refractivity contribution >= 4 is 23.3 Å². The topological polar surface area (TPSA) is 114 Å². The summed E-state index contributed by atoms with van der Waals surface area (Å²) < 4.78 is 10.3. The van der Waals surface area contributed by atoms with Crippen LogP contribution in [0.3, 0.4) is 0 Å². The smallest absolute Gasteiger partial charge is 0.331 e. The zero-order valence-electron chi connectivity index (χ0n) is 17.5. The summed E-state index contributed by atoms with van der Waals surface area (Å²) in [6, 6.07) is 11.5. The number of nitrogens with zero attached hydrogens (tertiary/aromatic N) is 3. The first-order valence-corrected chi connectivity index (χ1v) is 9.59. The second kappa shape index (κ2) is 9.43. The Balaban J connectivity index is 1.67. The van der Waals surface area contributed by atoms with Crippen LogP contribution in [0.25, 0.3) is 0 Å². The van der Waals surface area contributed by atoms with Crippen molar-refractivity contribution in [2.24, 2.45) is 0 Å². The Labute approximate surface area is 179 Å². The minimum Gasteiger partial charge on any atom is -0.497 e. The molecular weight excluding hydrogens is 404 g/mol. The molecule has 1 heterocycles. The summed E-state index contributed by atoms with van der Waals surface area (Å²) in [5.41, 5.74) is 1.29. The molecule has 1 aliphatic rings. The van der Waals surface area contributed by atoms with Gasteiger partial charge in [0, 0.05) is 12.6 Å². The molecule has 0 radical (unpaired) electrons. The Morgan fingerprint density at radius 3 is 2.61 bits per heavy atom. The number of benzene rings is 2. The van der Waals surface area contributed by atoms with E-state index < -0.39 is 10.9 Å². The average molecular weight is 428 g/mol. The lowest BCUT2D eigenvalue weighted by Crippen LogP contribution is -2.45. The summed E-state index contributed by atoms with van der Waals surface area (Å²) in [5.74, 6) is -0.0339. The number of anilines is 1. The van der Waals surface area contributed by atoms with E-state index in [0.29, 0.717) is 12.2 Å². The molecule has 1 amide bonds. The molecule has 1 unspecified atom stereocenters. The zero-order chi connectivity index (χ0) is 22.5. The minimum atomic E-state index is -0.579. The first-order chi connectivity index (χ1) is 14.8. The fourth-order valence-electron chi connectivity index (χ4n) is 3.36. The minimum absolute atomic E-state index is 0.0592. The van der Waals surface area contributed by atoms with Gasteiger partial charge in [-0.05, 0) is 37.9 Å². The van der Waals surface area contributed by atoms with Crippen molar-refractivity contribution < 1.29 is 24.0 Å². The number of ether oxygens (including phenoxy) is 2. The molecule has 0 spiro atoms. The van der Waals surface area contributed by atoms with Gasteiger partial charge in [0.1, 0.15) is 12.3 Å². The number of hydrogen-bond donors (Lipinski definition) is 1. The standard InChI is InChI=1S/C21H24N4O6/c1-23(2)18(14-4-7-16(30-3)8-5-14)11-22-20(26)12-24-13-21(27)31-19-10-15(25(28)29)6-9-17(19)24/h4-10,18H,11-13H2,1-3H3,(H,22,26). The van der Waals surface area contributed by atoms with Gasteiger partial charge in [0.05, 0.1) is 36.4 Å². The first-order valence-electron chi connectivity index (χ1n) is 9.59. The first kappa shape index (κ1) is 22.0. The molecule has 3 rings (SSSR count). The molecule has 10 heteroatoms. The number of nitro benzene ring substituents is 1. The quantitative estimate of drug-likeness (QED) is 0.293. The molecule has 10 nitrogen and oxygen atoms in total. The Hall–Kier alpha value is -3.66. The molecular formula is C21H24N4O6. The number of nitrogens with one attached hydrogen (secondary N) is 1. The van der Waals surface area contributed by atoms with Gasteiger partial charge in [0.2, 0.25) is 5.91 Å². The average Bonchev–Trinajstić information content (AvgIpc) is 2.73. The van der Waals surface area contributed by atoms with Gasteiger partial charge in [0.25, 0.3) is 5.69 Å². The zero-order valence-corrected chi connectivity index (χ0v) is 17.5. The maximum atomic E-state index is 12.6. The van der Waals surface area contributed by atoms with E-state index in [1.807, 2.05) is 43.3 Å². The largest absolute Gasteiger partial charge is 0.497 e. The summed E-state index contributed by atoms with van der Waals surface area (Å²) in [5, 5.41) is 13.9. The third-order valence-corrected chi connectivity index (χ3v) is 4.99. The van der Waals surface area contributed by atoms with E-state index in [0.717, 1.165) is 11.3 Å². The number of nitro groups is 1. The van der Waals surface area contributed by atoms with Crippen molar-refractivity contribution in [2.45, 2.75) is 6.04 Å². The highest BCUT2D eigenvalue weighted by Gasteiger charge is 2.28. The highest BCUT2D eigenvalue weighted by atomic mass is 16.6. The van der Waals surface area contributed by atoms with Crippen molar-refractivity contribution in [3.63, 3.8) is 0 Å². The maximum Gasteiger partial charge on any atom is 0.331 e. The van der Waals surface area contributed by atoms with Crippen LogP contribution in [0.15, 0.2) is 42.5 Å². The second-order valence-corrected chi connectivity index (χ2v) is 7.30. The maximum absolute atomic E-state index is 12.6. The Morgan fingerprint density at radius 1 is 1.29 bits per heavy atom. The van der Waals surface area contributed by atoms with Crippen molar-refractivity contribution in [1.82, 2.24) is 10.2 Å². The molecule has 0 fully saturated rings. The summed E-state index contributed by atoms with van der Waals surface area (Å²) in [6.45, 7) is 0.167. The van der Waals surface area contributed by atoms with E-state index >= 15 is 0 Å². The normalized spacial score (nSPS) is 13.9. The summed E-state index contributed by atoms with van der Waals surface area (Å²) in [6.07, 6.45) is 0. The molecule has 2 aromatic carbocycles. The molecule has 1 aliphatic heterocycles. The van der Waals surface area contributed by atoms with Gasteiger partial charge in [-0.25, -0.2) is 4.79 Å². The van der Waals surface area contributed by atoms with Crippen molar-refractivity contribution in [2.75, 3.05) is 45.7 Å². The number of amides is 1. The number of carbonyl (C=O) groups excluding carboxylic acids is 2. The summed E-state index contributed by atoms with van der Waals surface area (Å²) in [7, 11) is 5.45. The lowest BCUT2D eigenvalue weighted by molar-refractivity contribution is -0.384. The van der Waals surface area contributed by atoms with Crippen molar-refractivity contribution in [3.8, 4) is 11.5 Å². The predicted molar refractivity (Wildman–Crippen MR) is 113 cm³/mol. The van der Waals surface area contributed by atoms with Gasteiger partial charge >= 0.3 is 5.97 Å². The molecule has 0 saturated heterocycles. The van der Waals surface area contributed by atoms with Crippen LogP contribution in [0.4, 0.5) is 11.4 Å². The number of esters is 1. The second-order valence-electron chi connectivity index (χ2n) is 7.30. The van der Waals surface area contributed by atoms with Crippen LogP contribution >= 0.6 is 0 Å². The Morgan fingerprint density at radius 2 is 2.00 bits per heavy atom. The number of carbonyl (C=O) groups is 2. The van der Waals surface area contributed by atoms with E-state index in [1.54, 1.807) is 7.11 Å². The molecule has 0 saturated carbocycles. The number of likely N-dealkylation sites (N-methyl/N-ethyl adjacent to an activating group) is 1. The van der Waals surface area contributed by atoms with E-state index in [-0.39, 0.29) is 36.5 Å². The van der Waals surface area contributed by atoms with Crippen LogP contribution in [0.2, 0.25) is 0 Å². The lowest BCUT2D eigenvalue weighted by atomic mass is 10.1. The number of methoxy groups -OCH3 is 1. The third kappa shape index (κ3) is 5.28. The predicted octanol–water partition coefficient (Wildman–Crippen LogP) is 1.75. The fraction of sp³-hybridized carbons (Fsp3) is 0.333. The molecule has 0 aromatic heterocycles. The number of fused-ring (bicyclic) bond motifs is 1. The van der Waals surface area contributed by atoms with Gasteiger partial charge in [0.15, 0.2) is 5.75 Å². The van der Waals surface area contributed by atoms with E-state index in [1.165, 1.54) is 23.1 Å². The highest BCUT2D eigenvalue weighted by Crippen LogP contribution is 2.35. The van der Waals surface area contributed by atoms with E-state index in [2.05, 4.69) is 5.32 Å². The van der Waals surface area contributed by atoms with Crippen molar-refractivity contribution in [3.05, 3.63) is 58.1 Å². The third-order valence-electron chi connectivity index (χ3n) is 4.99. The van der Waals surface area contributed by atoms with Crippen LogP contribution in [-0.2, 0) is 9.59 Å². The van der Waals surface area contributed by atoms with Gasteiger partial charge in [-0.15, -0.1) is 0 Å². The Bertz CT molecular complexity index is 976. The fourth-order valence-corrected chi connectivity index (χ4v) is 3.36. The van der Waals surface area contributed by atoms with Crippen molar-refractivity contribution in [1.29, 1.82) is 0 Å². The number of rotatable bonds is 8. The molecule has 1 atom stereocenters. The van der Waals surface area contributed by atoms with E-state index in [4.69, 9.17) is 9.47 Å². The van der Waals surface area contributed by atoms with Crippen LogP contribution in [0.5, 0.6) is 11.5 Å². The van der Waals surface area contributed by atoms with Crippen LogP contribution in [0.1, 0.15) is 11.6 Å². The molecule has 0 aliphatic carbocycles. The molecule has 1 N–H and O–H groups in total. The van der Waals surface area contributed by atoms with E-state index in [9.17, 15) is 19.7 Å². The summed E-state index contributed by atoms with van der Waals surface area (Å²) in [4.78, 5) is 38.4. The molecule has 31 heavy (non-hydrogen) atoms. The SMILES string of the molecule is COc1ccc(C(CNC(=O)CN2CC(=O)Oc3cc([N+](=O)[O-])ccc32)N(C)C)cc1. The Kier molecular flexibility index (Phi) is 6.71. The van der Waals surface area contributed by atoms with Crippen LogP contribution in [0, 0.1) is 10.1 Å². The lowest BCUT2D eigenvalue weighted by Gasteiger charge is -2.30. The molecule has 2 aromatic rings. The van der Waals surface area contributed by atoms with Gasteiger partial charge < -0.3 is 24.6 Å². The highest BCUT2D eigenvalue weighted by molar-refractivity contribution is 5.89. The summed E-state index contributed by atoms with van der Waals surface area (Å²) >= 11 is 0. The van der Waals surface area contributed by atoms with Gasteiger partial charge in [-0.1, -0.05) is 12.1 Å². The van der Waals surface area contributed by atoms with Crippen LogP contribution < -0.4 is 19.7 Å². The number of hydrogen-bond acceptors (Lipinski definition) is 8. The number of non-ortho nitro benzene ring substituents is 1. The van der Waals surface area contributed by atoms with Gasteiger partial charge in [-0.3, -0.25) is 14.9 Å². The molecule has 164 valence electrons.